The lowest BCUT2D eigenvalue weighted by Crippen LogP contribution is -2.56. The van der Waals surface area contributed by atoms with Crippen molar-refractivity contribution in [1.82, 2.24) is 20.2 Å². The van der Waals surface area contributed by atoms with E-state index >= 15 is 0 Å². The summed E-state index contributed by atoms with van der Waals surface area (Å²) in [5, 5.41) is 2.71. The van der Waals surface area contributed by atoms with E-state index in [1.807, 2.05) is 18.7 Å². The Bertz CT molecular complexity index is 822. The SMILES string of the molecule is CC(C)[C@H](NC(=O)c1ccccc1F)C(=O)N1CCN(c2ncccn2)CC1. The van der Waals surface area contributed by atoms with Gasteiger partial charge in [0.1, 0.15) is 11.9 Å². The first-order valence-corrected chi connectivity index (χ1v) is 9.33. The second-order valence-corrected chi connectivity index (χ2v) is 7.04. The zero-order valence-electron chi connectivity index (χ0n) is 16.0. The highest BCUT2D eigenvalue weighted by Crippen LogP contribution is 2.14. The first kappa shape index (κ1) is 19.7. The van der Waals surface area contributed by atoms with Crippen molar-refractivity contribution >= 4 is 17.8 Å². The molecule has 1 atom stereocenters. The van der Waals surface area contributed by atoms with Gasteiger partial charge in [0, 0.05) is 38.6 Å². The Kier molecular flexibility index (Phi) is 6.18. The van der Waals surface area contributed by atoms with E-state index in [-0.39, 0.29) is 17.4 Å². The van der Waals surface area contributed by atoms with E-state index in [1.165, 1.54) is 18.2 Å². The third kappa shape index (κ3) is 4.44. The number of nitrogens with one attached hydrogen (secondary N) is 1. The monoisotopic (exact) mass is 385 g/mol. The van der Waals surface area contributed by atoms with Crippen LogP contribution in [0.1, 0.15) is 24.2 Å². The van der Waals surface area contributed by atoms with Gasteiger partial charge in [-0.3, -0.25) is 9.59 Å². The Labute approximate surface area is 163 Å². The number of piperazine rings is 1. The lowest BCUT2D eigenvalue weighted by molar-refractivity contribution is -0.134. The summed E-state index contributed by atoms with van der Waals surface area (Å²) in [5.41, 5.74) is -0.0630. The van der Waals surface area contributed by atoms with Crippen LogP contribution < -0.4 is 10.2 Å². The van der Waals surface area contributed by atoms with Gasteiger partial charge in [0.25, 0.3) is 5.91 Å². The van der Waals surface area contributed by atoms with Crippen molar-refractivity contribution < 1.29 is 14.0 Å². The number of amides is 2. The molecule has 1 aliphatic heterocycles. The molecule has 8 heteroatoms. The van der Waals surface area contributed by atoms with E-state index < -0.39 is 17.8 Å². The molecule has 2 amide bonds. The molecule has 0 spiro atoms. The fraction of sp³-hybridized carbons (Fsp3) is 0.400. The van der Waals surface area contributed by atoms with Crippen molar-refractivity contribution in [3.63, 3.8) is 0 Å². The molecule has 1 saturated heterocycles. The van der Waals surface area contributed by atoms with Gasteiger partial charge in [-0.05, 0) is 24.1 Å². The largest absolute Gasteiger partial charge is 0.340 e. The molecular formula is C20H24FN5O2. The highest BCUT2D eigenvalue weighted by molar-refractivity contribution is 5.97. The van der Waals surface area contributed by atoms with E-state index in [4.69, 9.17) is 0 Å². The second-order valence-electron chi connectivity index (χ2n) is 7.04. The maximum absolute atomic E-state index is 13.9. The summed E-state index contributed by atoms with van der Waals surface area (Å²) in [7, 11) is 0. The minimum Gasteiger partial charge on any atom is -0.340 e. The predicted molar refractivity (Wildman–Crippen MR) is 103 cm³/mol. The summed E-state index contributed by atoms with van der Waals surface area (Å²) in [6, 6.07) is 6.79. The van der Waals surface area contributed by atoms with E-state index in [0.29, 0.717) is 32.1 Å². The summed E-state index contributed by atoms with van der Waals surface area (Å²) < 4.78 is 13.9. The van der Waals surface area contributed by atoms with Crippen LogP contribution >= 0.6 is 0 Å². The van der Waals surface area contributed by atoms with Crippen LogP contribution in [0.3, 0.4) is 0 Å². The third-order valence-electron chi connectivity index (χ3n) is 4.76. The lowest BCUT2D eigenvalue weighted by atomic mass is 10.0. The number of benzene rings is 1. The minimum absolute atomic E-state index is 0.0630. The van der Waals surface area contributed by atoms with Gasteiger partial charge in [-0.25, -0.2) is 14.4 Å². The first-order chi connectivity index (χ1) is 13.5. The third-order valence-corrected chi connectivity index (χ3v) is 4.76. The van der Waals surface area contributed by atoms with Gasteiger partial charge in [-0.15, -0.1) is 0 Å². The fourth-order valence-electron chi connectivity index (χ4n) is 3.16. The summed E-state index contributed by atoms with van der Waals surface area (Å²) >= 11 is 0. The predicted octanol–water partition coefficient (Wildman–Crippen LogP) is 1.72. The number of anilines is 1. The van der Waals surface area contributed by atoms with Gasteiger partial charge >= 0.3 is 0 Å². The normalized spacial score (nSPS) is 15.4. The summed E-state index contributed by atoms with van der Waals surface area (Å²) in [6.45, 7) is 5.96. The average Bonchev–Trinajstić information content (AvgIpc) is 2.72. The van der Waals surface area contributed by atoms with Crippen molar-refractivity contribution in [3.8, 4) is 0 Å². The number of halogens is 1. The molecule has 1 aromatic heterocycles. The van der Waals surface area contributed by atoms with E-state index in [9.17, 15) is 14.0 Å². The van der Waals surface area contributed by atoms with Crippen LogP contribution in [0.25, 0.3) is 0 Å². The van der Waals surface area contributed by atoms with Crippen molar-refractivity contribution in [2.75, 3.05) is 31.1 Å². The molecule has 1 fully saturated rings. The maximum Gasteiger partial charge on any atom is 0.254 e. The molecule has 2 heterocycles. The van der Waals surface area contributed by atoms with Gasteiger partial charge in [0.05, 0.1) is 5.56 Å². The molecule has 0 saturated carbocycles. The number of hydrogen-bond donors (Lipinski definition) is 1. The minimum atomic E-state index is -0.716. The molecule has 2 aromatic rings. The molecule has 28 heavy (non-hydrogen) atoms. The summed E-state index contributed by atoms with van der Waals surface area (Å²) in [6.07, 6.45) is 3.37. The van der Waals surface area contributed by atoms with Crippen LogP contribution in [-0.2, 0) is 4.79 Å². The maximum atomic E-state index is 13.9. The van der Waals surface area contributed by atoms with Crippen LogP contribution in [0, 0.1) is 11.7 Å². The van der Waals surface area contributed by atoms with E-state index in [1.54, 1.807) is 29.4 Å². The Morgan fingerprint density at radius 3 is 2.29 bits per heavy atom. The molecule has 0 unspecified atom stereocenters. The standard InChI is InChI=1S/C20H24FN5O2/c1-14(2)17(24-18(27)15-6-3-4-7-16(15)21)19(28)25-10-12-26(13-11-25)20-22-8-5-9-23-20/h3-9,14,17H,10-13H2,1-2H3,(H,24,27)/t17-/m0/s1. The summed E-state index contributed by atoms with van der Waals surface area (Å²) in [4.78, 5) is 37.7. The van der Waals surface area contributed by atoms with E-state index in [0.717, 1.165) is 0 Å². The number of aromatic nitrogens is 2. The summed E-state index contributed by atoms with van der Waals surface area (Å²) in [5.74, 6) is -0.831. The Morgan fingerprint density at radius 1 is 1.04 bits per heavy atom. The Hall–Kier alpha value is -3.03. The number of carbonyl (C=O) groups is 2. The number of hydrogen-bond acceptors (Lipinski definition) is 5. The fourth-order valence-corrected chi connectivity index (χ4v) is 3.16. The zero-order valence-corrected chi connectivity index (χ0v) is 16.0. The van der Waals surface area contributed by atoms with Gasteiger partial charge in [0.2, 0.25) is 11.9 Å². The molecule has 0 radical (unpaired) electrons. The van der Waals surface area contributed by atoms with Crippen LogP contribution in [-0.4, -0.2) is 58.9 Å². The Morgan fingerprint density at radius 2 is 1.68 bits per heavy atom. The average molecular weight is 385 g/mol. The van der Waals surface area contributed by atoms with Crippen LogP contribution in [0.4, 0.5) is 10.3 Å². The molecule has 1 aliphatic rings. The molecule has 7 nitrogen and oxygen atoms in total. The van der Waals surface area contributed by atoms with Crippen LogP contribution in [0.15, 0.2) is 42.7 Å². The topological polar surface area (TPSA) is 78.4 Å². The molecule has 1 N–H and O–H groups in total. The van der Waals surface area contributed by atoms with Crippen molar-refractivity contribution in [1.29, 1.82) is 0 Å². The van der Waals surface area contributed by atoms with Gasteiger partial charge in [-0.2, -0.15) is 0 Å². The van der Waals surface area contributed by atoms with Crippen molar-refractivity contribution in [2.45, 2.75) is 19.9 Å². The van der Waals surface area contributed by atoms with Gasteiger partial charge in [0.15, 0.2) is 0 Å². The molecule has 1 aromatic carbocycles. The Balaban J connectivity index is 1.64. The van der Waals surface area contributed by atoms with Crippen molar-refractivity contribution in [3.05, 3.63) is 54.1 Å². The first-order valence-electron chi connectivity index (χ1n) is 9.33. The second kappa shape index (κ2) is 8.77. The lowest BCUT2D eigenvalue weighted by Gasteiger charge is -2.37. The van der Waals surface area contributed by atoms with Crippen LogP contribution in [0.5, 0.6) is 0 Å². The van der Waals surface area contributed by atoms with Gasteiger partial charge in [-0.1, -0.05) is 26.0 Å². The molecular weight excluding hydrogens is 361 g/mol. The number of nitrogens with zero attached hydrogens (tertiary/aromatic N) is 4. The smallest absolute Gasteiger partial charge is 0.254 e. The number of carbonyl (C=O) groups excluding carboxylic acids is 2. The van der Waals surface area contributed by atoms with Crippen LogP contribution in [0.2, 0.25) is 0 Å². The molecule has 0 aliphatic carbocycles. The zero-order chi connectivity index (χ0) is 20.1. The molecule has 3 rings (SSSR count). The molecule has 0 bridgehead atoms. The highest BCUT2D eigenvalue weighted by Gasteiger charge is 2.31. The van der Waals surface area contributed by atoms with E-state index in [2.05, 4.69) is 15.3 Å². The number of rotatable bonds is 5. The highest BCUT2D eigenvalue weighted by atomic mass is 19.1. The molecule has 148 valence electrons. The quantitative estimate of drug-likeness (QED) is 0.848. The van der Waals surface area contributed by atoms with Crippen molar-refractivity contribution in [2.24, 2.45) is 5.92 Å². The van der Waals surface area contributed by atoms with Gasteiger partial charge < -0.3 is 15.1 Å².